The zero-order valence-corrected chi connectivity index (χ0v) is 10.5. The standard InChI is InChI=1S/C5H12O2.CH3.U/c1-5(2,3-6)4-7;;/h6-7H,3-4H2,1-2H3;1H3;/q;-1;. The van der Waals surface area contributed by atoms with Gasteiger partial charge in [-0.05, 0) is 0 Å². The minimum absolute atomic E-state index is 0. The first-order chi connectivity index (χ1) is 3.12. The van der Waals surface area contributed by atoms with E-state index in [1.807, 2.05) is 0 Å². The van der Waals surface area contributed by atoms with E-state index in [0.717, 1.165) is 0 Å². The molecule has 9 heavy (non-hydrogen) atoms. The van der Waals surface area contributed by atoms with Crippen LogP contribution < -0.4 is 0 Å². The van der Waals surface area contributed by atoms with Gasteiger partial charge in [-0.15, -0.1) is 0 Å². The molecule has 0 bridgehead atoms. The van der Waals surface area contributed by atoms with Crippen LogP contribution in [0.2, 0.25) is 0 Å². The zero-order valence-electron chi connectivity index (χ0n) is 6.31. The van der Waals surface area contributed by atoms with Crippen molar-refractivity contribution >= 4 is 0 Å². The molecule has 2 nitrogen and oxygen atoms in total. The van der Waals surface area contributed by atoms with Crippen molar-refractivity contribution in [3.63, 3.8) is 0 Å². The van der Waals surface area contributed by atoms with Gasteiger partial charge in [-0.25, -0.2) is 0 Å². The van der Waals surface area contributed by atoms with E-state index >= 15 is 0 Å². The molecule has 0 fully saturated rings. The van der Waals surface area contributed by atoms with Crippen molar-refractivity contribution in [1.82, 2.24) is 0 Å². The van der Waals surface area contributed by atoms with Crippen LogP contribution in [0.15, 0.2) is 0 Å². The maximum atomic E-state index is 8.43. The molecule has 0 aliphatic rings. The average Bonchev–Trinajstić information content (AvgIpc) is 1.68. The Kier molecular flexibility index (Phi) is 13.0. The molecule has 0 amide bonds. The quantitative estimate of drug-likeness (QED) is 0.705. The van der Waals surface area contributed by atoms with Crippen LogP contribution in [0, 0.1) is 44.0 Å². The first-order valence-electron chi connectivity index (χ1n) is 2.34. The maximum absolute atomic E-state index is 8.43. The summed E-state index contributed by atoms with van der Waals surface area (Å²) in [4.78, 5) is 0. The van der Waals surface area contributed by atoms with E-state index < -0.39 is 0 Å². The van der Waals surface area contributed by atoms with Crippen LogP contribution in [0.4, 0.5) is 0 Å². The van der Waals surface area contributed by atoms with Crippen molar-refractivity contribution in [2.75, 3.05) is 13.2 Å². The summed E-state index contributed by atoms with van der Waals surface area (Å²) in [7, 11) is 0. The van der Waals surface area contributed by atoms with Gasteiger partial charge in [0.05, 0.1) is 13.2 Å². The normalized spacial score (nSPS) is 9.33. The molecule has 0 aliphatic heterocycles. The van der Waals surface area contributed by atoms with Gasteiger partial charge in [-0.3, -0.25) is 0 Å². The third-order valence-corrected chi connectivity index (χ3v) is 0.856. The number of aliphatic hydroxyl groups excluding tert-OH is 2. The maximum Gasteiger partial charge on any atom is 0.0504 e. The third kappa shape index (κ3) is 8.97. The molecular weight excluding hydrogens is 342 g/mol. The number of rotatable bonds is 2. The molecule has 56 valence electrons. The summed E-state index contributed by atoms with van der Waals surface area (Å²) in [5.41, 5.74) is -0.306. The van der Waals surface area contributed by atoms with Crippen LogP contribution in [0.3, 0.4) is 0 Å². The second-order valence-corrected chi connectivity index (χ2v) is 2.48. The first-order valence-corrected chi connectivity index (χ1v) is 2.34. The van der Waals surface area contributed by atoms with Crippen molar-refractivity contribution in [1.29, 1.82) is 0 Å². The first kappa shape index (κ1) is 16.5. The largest absolute Gasteiger partial charge is 0.396 e. The minimum Gasteiger partial charge on any atom is -0.396 e. The monoisotopic (exact) mass is 357 g/mol. The predicted octanol–water partition coefficient (Wildman–Crippen LogP) is 0.447. The van der Waals surface area contributed by atoms with Crippen LogP contribution in [0.5, 0.6) is 0 Å². The predicted molar refractivity (Wildman–Crippen MR) is 34.4 cm³/mol. The van der Waals surface area contributed by atoms with Gasteiger partial charge in [-0.1, -0.05) is 13.8 Å². The molecule has 0 heterocycles. The summed E-state index contributed by atoms with van der Waals surface area (Å²) in [6, 6.07) is 0. The summed E-state index contributed by atoms with van der Waals surface area (Å²) in [6.45, 7) is 3.69. The van der Waals surface area contributed by atoms with E-state index in [1.165, 1.54) is 0 Å². The summed E-state index contributed by atoms with van der Waals surface area (Å²) in [5.74, 6) is 0. The van der Waals surface area contributed by atoms with Gasteiger partial charge in [0.2, 0.25) is 0 Å². The van der Waals surface area contributed by atoms with Crippen LogP contribution in [-0.4, -0.2) is 23.4 Å². The Hall–Kier alpha value is 0.972. The van der Waals surface area contributed by atoms with E-state index in [1.54, 1.807) is 13.8 Å². The molecule has 0 rings (SSSR count). The molecular formula is C6H15O2U-. The summed E-state index contributed by atoms with van der Waals surface area (Å²) >= 11 is 0. The fourth-order valence-electron chi connectivity index (χ4n) is 0.0500. The van der Waals surface area contributed by atoms with Gasteiger partial charge in [0.25, 0.3) is 0 Å². The second kappa shape index (κ2) is 7.08. The summed E-state index contributed by atoms with van der Waals surface area (Å²) in [5, 5.41) is 16.9. The van der Waals surface area contributed by atoms with Gasteiger partial charge >= 0.3 is 0 Å². The Bertz CT molecular complexity index is 49.0. The molecule has 0 saturated carbocycles. The van der Waals surface area contributed by atoms with Gasteiger partial charge in [-0.2, -0.15) is 0 Å². The summed E-state index contributed by atoms with van der Waals surface area (Å²) in [6.07, 6.45) is 0. The topological polar surface area (TPSA) is 40.5 Å². The molecule has 0 unspecified atom stereocenters. The molecule has 0 aromatic rings. The molecule has 0 atom stereocenters. The number of hydrogen-bond donors (Lipinski definition) is 2. The van der Waals surface area contributed by atoms with Crippen molar-refractivity contribution in [3.05, 3.63) is 7.43 Å². The Morgan fingerprint density at radius 3 is 1.33 bits per heavy atom. The summed E-state index contributed by atoms with van der Waals surface area (Å²) < 4.78 is 0. The van der Waals surface area contributed by atoms with Gasteiger partial charge in [0.15, 0.2) is 0 Å². The average molecular weight is 357 g/mol. The molecule has 0 aromatic carbocycles. The van der Waals surface area contributed by atoms with Gasteiger partial charge < -0.3 is 17.6 Å². The van der Waals surface area contributed by atoms with E-state index in [0.29, 0.717) is 0 Å². The second-order valence-electron chi connectivity index (χ2n) is 2.48. The van der Waals surface area contributed by atoms with Crippen molar-refractivity contribution in [2.24, 2.45) is 5.41 Å². The Morgan fingerprint density at radius 1 is 1.11 bits per heavy atom. The fourth-order valence-corrected chi connectivity index (χ4v) is 0.0500. The smallest absolute Gasteiger partial charge is 0.0504 e. The minimum atomic E-state index is -0.306. The van der Waals surface area contributed by atoms with Crippen LogP contribution >= 0.6 is 0 Å². The SMILES string of the molecule is CC(C)(CO)CO.[CH3-].[U]. The van der Waals surface area contributed by atoms with Crippen molar-refractivity contribution in [2.45, 2.75) is 13.8 Å². The Balaban J connectivity index is -0.000000180. The van der Waals surface area contributed by atoms with E-state index in [2.05, 4.69) is 0 Å². The van der Waals surface area contributed by atoms with Gasteiger partial charge in [0.1, 0.15) is 0 Å². The number of hydrogen-bond acceptors (Lipinski definition) is 2. The molecule has 0 radical (unpaired) electrons. The Labute approximate surface area is 81.0 Å². The van der Waals surface area contributed by atoms with E-state index in [-0.39, 0.29) is 57.2 Å². The van der Waals surface area contributed by atoms with Gasteiger partial charge in [0, 0.05) is 36.5 Å². The molecule has 0 aliphatic carbocycles. The fraction of sp³-hybridized carbons (Fsp3) is 0.833. The molecule has 0 spiro atoms. The van der Waals surface area contributed by atoms with Crippen molar-refractivity contribution in [3.8, 4) is 0 Å². The van der Waals surface area contributed by atoms with E-state index in [9.17, 15) is 0 Å². The van der Waals surface area contributed by atoms with Crippen LogP contribution in [0.1, 0.15) is 13.8 Å². The molecule has 0 saturated heterocycles. The molecule has 2 N–H and O–H groups in total. The van der Waals surface area contributed by atoms with Crippen LogP contribution in [0.25, 0.3) is 0 Å². The molecule has 0 aromatic heterocycles. The van der Waals surface area contributed by atoms with E-state index in [4.69, 9.17) is 10.2 Å². The van der Waals surface area contributed by atoms with Crippen LogP contribution in [-0.2, 0) is 0 Å². The molecule has 3 heteroatoms. The number of aliphatic hydroxyl groups is 2. The Morgan fingerprint density at radius 2 is 1.33 bits per heavy atom. The third-order valence-electron chi connectivity index (χ3n) is 0.856. The zero-order chi connectivity index (χ0) is 5.91. The van der Waals surface area contributed by atoms with Crippen molar-refractivity contribution < 1.29 is 41.3 Å².